The third-order valence-electron chi connectivity index (χ3n) is 1.50. The minimum Gasteiger partial charge on any atom is -0.395 e. The van der Waals surface area contributed by atoms with Gasteiger partial charge in [-0.3, -0.25) is 0 Å². The molecular weight excluding hydrogens is 227 g/mol. The molecule has 0 unspecified atom stereocenters. The van der Waals surface area contributed by atoms with E-state index in [1.54, 1.807) is 0 Å². The van der Waals surface area contributed by atoms with Gasteiger partial charge in [0.1, 0.15) is 4.84 Å². The largest absolute Gasteiger partial charge is 0.395 e. The number of halogens is 2. The summed E-state index contributed by atoms with van der Waals surface area (Å²) in [5.41, 5.74) is 0. The van der Waals surface area contributed by atoms with Crippen LogP contribution < -0.4 is 0 Å². The zero-order valence-electron chi connectivity index (χ0n) is 8.48. The Morgan fingerprint density at radius 3 is 2.31 bits per heavy atom. The minimum atomic E-state index is -1.97. The molecule has 80 valence electrons. The van der Waals surface area contributed by atoms with Gasteiger partial charge >= 0.3 is 8.56 Å². The fourth-order valence-corrected chi connectivity index (χ4v) is 2.39. The van der Waals surface area contributed by atoms with Crippen LogP contribution in [0.15, 0.2) is 0 Å². The maximum Gasteiger partial charge on any atom is 0.331 e. The van der Waals surface area contributed by atoms with E-state index in [0.717, 1.165) is 19.4 Å². The maximum atomic E-state index is 5.62. The Hall–Kier alpha value is 0.717. The summed E-state index contributed by atoms with van der Waals surface area (Å²) >= 11 is 11.1. The van der Waals surface area contributed by atoms with Crippen LogP contribution in [-0.4, -0.2) is 26.6 Å². The van der Waals surface area contributed by atoms with Crippen LogP contribution in [0, 0.1) is 0 Å². The molecule has 0 bridgehead atoms. The summed E-state index contributed by atoms with van der Waals surface area (Å²) in [5.74, 6) is 0. The molecule has 0 N–H and O–H groups in total. The quantitative estimate of drug-likeness (QED) is 0.389. The summed E-state index contributed by atoms with van der Waals surface area (Å²) in [4.78, 5) is -0.457. The Labute approximate surface area is 91.8 Å². The second kappa shape index (κ2) is 7.07. The standard InChI is InChI=1S/C8H18Cl2O2Si/c1-4-5-6-11-13(2,3)12-7-8(9)10/h8H,4-7H2,1-3H3. The molecule has 0 saturated carbocycles. The fourth-order valence-electron chi connectivity index (χ4n) is 0.768. The highest BCUT2D eigenvalue weighted by atomic mass is 35.5. The van der Waals surface area contributed by atoms with Crippen LogP contribution in [-0.2, 0) is 8.85 Å². The smallest absolute Gasteiger partial charge is 0.331 e. The van der Waals surface area contributed by atoms with E-state index >= 15 is 0 Å². The van der Waals surface area contributed by atoms with Crippen molar-refractivity contribution in [3.05, 3.63) is 0 Å². The molecule has 0 saturated heterocycles. The molecule has 2 nitrogen and oxygen atoms in total. The van der Waals surface area contributed by atoms with E-state index in [4.69, 9.17) is 32.1 Å². The van der Waals surface area contributed by atoms with Crippen LogP contribution >= 0.6 is 23.2 Å². The summed E-state index contributed by atoms with van der Waals surface area (Å²) in [5, 5.41) is 0. The number of unbranched alkanes of at least 4 members (excludes halogenated alkanes) is 1. The molecule has 0 aliphatic heterocycles. The predicted molar refractivity (Wildman–Crippen MR) is 59.8 cm³/mol. The lowest BCUT2D eigenvalue weighted by Gasteiger charge is -2.22. The van der Waals surface area contributed by atoms with Crippen molar-refractivity contribution >= 4 is 31.8 Å². The van der Waals surface area contributed by atoms with Gasteiger partial charge < -0.3 is 8.85 Å². The fraction of sp³-hybridized carbons (Fsp3) is 1.00. The molecule has 5 heteroatoms. The normalized spacial score (nSPS) is 12.5. The van der Waals surface area contributed by atoms with Gasteiger partial charge in [-0.15, -0.1) is 23.2 Å². The van der Waals surface area contributed by atoms with Gasteiger partial charge in [-0.25, -0.2) is 0 Å². The van der Waals surface area contributed by atoms with Crippen LogP contribution in [0.5, 0.6) is 0 Å². The van der Waals surface area contributed by atoms with Crippen molar-refractivity contribution in [2.45, 2.75) is 37.7 Å². The molecule has 0 heterocycles. The lowest BCUT2D eigenvalue weighted by molar-refractivity contribution is 0.183. The van der Waals surface area contributed by atoms with Crippen molar-refractivity contribution in [2.75, 3.05) is 13.2 Å². The highest BCUT2D eigenvalue weighted by molar-refractivity contribution is 6.64. The van der Waals surface area contributed by atoms with Gasteiger partial charge in [0.25, 0.3) is 0 Å². The Kier molecular flexibility index (Phi) is 7.46. The number of hydrogen-bond acceptors (Lipinski definition) is 2. The third-order valence-corrected chi connectivity index (χ3v) is 3.52. The Morgan fingerprint density at radius 1 is 1.23 bits per heavy atom. The van der Waals surface area contributed by atoms with Crippen molar-refractivity contribution < 1.29 is 8.85 Å². The van der Waals surface area contributed by atoms with Gasteiger partial charge in [-0.1, -0.05) is 13.3 Å². The number of rotatable bonds is 7. The van der Waals surface area contributed by atoms with E-state index in [-0.39, 0.29) is 0 Å². The van der Waals surface area contributed by atoms with E-state index in [0.29, 0.717) is 6.61 Å². The summed E-state index contributed by atoms with van der Waals surface area (Å²) in [6.07, 6.45) is 2.21. The zero-order valence-corrected chi connectivity index (χ0v) is 11.0. The van der Waals surface area contributed by atoms with E-state index in [1.165, 1.54) is 0 Å². The summed E-state index contributed by atoms with van der Waals surface area (Å²) in [7, 11) is -1.97. The van der Waals surface area contributed by atoms with Crippen molar-refractivity contribution in [1.82, 2.24) is 0 Å². The first-order valence-corrected chi connectivity index (χ1v) is 8.23. The first-order chi connectivity index (χ1) is 5.98. The van der Waals surface area contributed by atoms with Crippen molar-refractivity contribution in [2.24, 2.45) is 0 Å². The molecule has 0 aromatic carbocycles. The van der Waals surface area contributed by atoms with Gasteiger partial charge in [-0.2, -0.15) is 0 Å². The van der Waals surface area contributed by atoms with E-state index in [1.807, 2.05) is 13.1 Å². The van der Waals surface area contributed by atoms with Gasteiger partial charge in [0, 0.05) is 6.61 Å². The summed E-state index contributed by atoms with van der Waals surface area (Å²) in [6, 6.07) is 0. The molecule has 0 rings (SSSR count). The van der Waals surface area contributed by atoms with Crippen LogP contribution in [0.3, 0.4) is 0 Å². The summed E-state index contributed by atoms with van der Waals surface area (Å²) in [6.45, 7) is 7.25. The van der Waals surface area contributed by atoms with Gasteiger partial charge in [0.15, 0.2) is 0 Å². The average Bonchev–Trinajstić information content (AvgIpc) is 2.02. The Morgan fingerprint density at radius 2 is 1.85 bits per heavy atom. The second-order valence-electron chi connectivity index (χ2n) is 3.30. The van der Waals surface area contributed by atoms with Gasteiger partial charge in [-0.05, 0) is 19.5 Å². The first kappa shape index (κ1) is 13.7. The Bertz CT molecular complexity index is 131. The molecule has 0 amide bonds. The first-order valence-electron chi connectivity index (χ1n) is 4.54. The maximum absolute atomic E-state index is 5.62. The van der Waals surface area contributed by atoms with Crippen molar-refractivity contribution in [3.63, 3.8) is 0 Å². The Balaban J connectivity index is 3.54. The lowest BCUT2D eigenvalue weighted by Crippen LogP contribution is -2.36. The molecule has 0 radical (unpaired) electrons. The van der Waals surface area contributed by atoms with Crippen LogP contribution in [0.4, 0.5) is 0 Å². The molecule has 0 spiro atoms. The molecule has 0 fully saturated rings. The predicted octanol–water partition coefficient (Wildman–Crippen LogP) is 3.33. The summed E-state index contributed by atoms with van der Waals surface area (Å²) < 4.78 is 11.1. The van der Waals surface area contributed by atoms with E-state index < -0.39 is 13.4 Å². The highest BCUT2D eigenvalue weighted by Gasteiger charge is 2.24. The van der Waals surface area contributed by atoms with Crippen LogP contribution in [0.2, 0.25) is 13.1 Å². The van der Waals surface area contributed by atoms with Gasteiger partial charge in [0.05, 0.1) is 6.61 Å². The molecule has 0 aromatic heterocycles. The molecule has 0 aliphatic rings. The average molecular weight is 245 g/mol. The minimum absolute atomic E-state index is 0.356. The highest BCUT2D eigenvalue weighted by Crippen LogP contribution is 2.11. The van der Waals surface area contributed by atoms with E-state index in [2.05, 4.69) is 6.92 Å². The third kappa shape index (κ3) is 9.03. The number of hydrogen-bond donors (Lipinski definition) is 0. The second-order valence-corrected chi connectivity index (χ2v) is 7.96. The SMILES string of the molecule is CCCCO[Si](C)(C)OCC(Cl)Cl. The van der Waals surface area contributed by atoms with Crippen LogP contribution in [0.25, 0.3) is 0 Å². The molecule has 0 atom stereocenters. The van der Waals surface area contributed by atoms with Crippen molar-refractivity contribution in [1.29, 1.82) is 0 Å². The molecule has 0 aromatic rings. The molecular formula is C8H18Cl2O2Si. The van der Waals surface area contributed by atoms with Crippen molar-refractivity contribution in [3.8, 4) is 0 Å². The van der Waals surface area contributed by atoms with Gasteiger partial charge in [0.2, 0.25) is 0 Å². The monoisotopic (exact) mass is 244 g/mol. The topological polar surface area (TPSA) is 18.5 Å². The van der Waals surface area contributed by atoms with E-state index in [9.17, 15) is 0 Å². The molecule has 13 heavy (non-hydrogen) atoms. The van der Waals surface area contributed by atoms with Crippen LogP contribution in [0.1, 0.15) is 19.8 Å². The molecule has 0 aliphatic carbocycles. The lowest BCUT2D eigenvalue weighted by atomic mass is 10.4. The number of alkyl halides is 2. The zero-order chi connectivity index (χ0) is 10.3.